The number of halogens is 3. The van der Waals surface area contributed by atoms with Crippen LogP contribution >= 0.6 is 0 Å². The molecule has 0 N–H and O–H groups in total. The molecule has 0 radical (unpaired) electrons. The molecule has 1 aliphatic rings. The molecule has 0 spiro atoms. The molecule has 18 heavy (non-hydrogen) atoms. The molecule has 0 bridgehead atoms. The Kier molecular flexibility index (Phi) is 2.99. The van der Waals surface area contributed by atoms with Gasteiger partial charge in [-0.05, 0) is 12.1 Å². The highest BCUT2D eigenvalue weighted by atomic mass is 19.4. The molecular formula is C12H9F3N2O. The minimum Gasteiger partial charge on any atom is -0.296 e. The lowest BCUT2D eigenvalue weighted by Crippen LogP contribution is -2.26. The number of rotatable bonds is 1. The van der Waals surface area contributed by atoms with Crippen molar-refractivity contribution < 1.29 is 18.0 Å². The van der Waals surface area contributed by atoms with E-state index in [9.17, 15) is 18.0 Å². The molecule has 1 atom stereocenters. The third-order valence-corrected chi connectivity index (χ3v) is 2.66. The van der Waals surface area contributed by atoms with Crippen LogP contribution < -0.4 is 4.90 Å². The maximum absolute atomic E-state index is 12.5. The van der Waals surface area contributed by atoms with E-state index in [0.717, 1.165) is 6.07 Å². The molecule has 0 aromatic carbocycles. The minimum absolute atomic E-state index is 0.00687. The zero-order chi connectivity index (χ0) is 13.3. The molecule has 2 rings (SSSR count). The first-order chi connectivity index (χ1) is 8.41. The van der Waals surface area contributed by atoms with Gasteiger partial charge in [0.2, 0.25) is 5.91 Å². The number of carbonyl (C=O) groups is 1. The molecule has 0 aliphatic carbocycles. The molecule has 1 aromatic heterocycles. The molecule has 94 valence electrons. The molecule has 1 aromatic rings. The Morgan fingerprint density at radius 3 is 2.72 bits per heavy atom. The van der Waals surface area contributed by atoms with E-state index in [0.29, 0.717) is 0 Å². The van der Waals surface area contributed by atoms with Gasteiger partial charge >= 0.3 is 6.18 Å². The van der Waals surface area contributed by atoms with Crippen LogP contribution in [-0.4, -0.2) is 17.4 Å². The number of aromatic nitrogens is 1. The second kappa shape index (κ2) is 4.33. The third-order valence-electron chi connectivity index (χ3n) is 2.66. The monoisotopic (exact) mass is 254 g/mol. The van der Waals surface area contributed by atoms with Gasteiger partial charge in [0.25, 0.3) is 0 Å². The zero-order valence-corrected chi connectivity index (χ0v) is 9.24. The van der Waals surface area contributed by atoms with Gasteiger partial charge in [-0.2, -0.15) is 13.2 Å². The van der Waals surface area contributed by atoms with E-state index in [4.69, 9.17) is 6.42 Å². The van der Waals surface area contributed by atoms with Crippen molar-refractivity contribution in [1.29, 1.82) is 0 Å². The quantitative estimate of drug-likeness (QED) is 0.719. The average Bonchev–Trinajstić information content (AvgIpc) is 2.70. The standard InChI is InChI=1S/C12H9F3N2O/c1-2-8-6-11(18)17(7-8)10-5-3-4-9(16-10)12(13,14)15/h1,3-5,8H,6-7H2. The summed E-state index contributed by atoms with van der Waals surface area (Å²) in [5.74, 6) is 1.85. The van der Waals surface area contributed by atoms with Crippen LogP contribution in [0.4, 0.5) is 19.0 Å². The summed E-state index contributed by atoms with van der Waals surface area (Å²) in [4.78, 5) is 16.3. The fraction of sp³-hybridized carbons (Fsp3) is 0.333. The van der Waals surface area contributed by atoms with Crippen LogP contribution in [0.3, 0.4) is 0 Å². The van der Waals surface area contributed by atoms with Crippen molar-refractivity contribution in [2.75, 3.05) is 11.4 Å². The van der Waals surface area contributed by atoms with Gasteiger partial charge in [0.1, 0.15) is 11.5 Å². The van der Waals surface area contributed by atoms with Gasteiger partial charge in [-0.3, -0.25) is 9.69 Å². The zero-order valence-electron chi connectivity index (χ0n) is 9.24. The maximum Gasteiger partial charge on any atom is 0.433 e. The van der Waals surface area contributed by atoms with Crippen molar-refractivity contribution in [3.8, 4) is 12.3 Å². The molecule has 2 heterocycles. The van der Waals surface area contributed by atoms with Crippen molar-refractivity contribution >= 4 is 11.7 Å². The summed E-state index contributed by atoms with van der Waals surface area (Å²) in [5.41, 5.74) is -1.02. The second-order valence-electron chi connectivity index (χ2n) is 3.95. The summed E-state index contributed by atoms with van der Waals surface area (Å²) in [6.45, 7) is 0.212. The summed E-state index contributed by atoms with van der Waals surface area (Å²) in [5, 5.41) is 0. The predicted molar refractivity (Wildman–Crippen MR) is 58.5 cm³/mol. The van der Waals surface area contributed by atoms with E-state index in [1.807, 2.05) is 0 Å². The Bertz CT molecular complexity index is 519. The van der Waals surface area contributed by atoms with Gasteiger partial charge in [0.15, 0.2) is 0 Å². The Labute approximate surface area is 102 Å². The topological polar surface area (TPSA) is 33.2 Å². The van der Waals surface area contributed by atoms with Crippen molar-refractivity contribution in [2.45, 2.75) is 12.6 Å². The number of alkyl halides is 3. The van der Waals surface area contributed by atoms with Gasteiger partial charge in [-0.15, -0.1) is 12.3 Å². The van der Waals surface area contributed by atoms with E-state index in [1.54, 1.807) is 0 Å². The molecule has 1 fully saturated rings. The Hall–Kier alpha value is -2.03. The largest absolute Gasteiger partial charge is 0.433 e. The highest BCUT2D eigenvalue weighted by molar-refractivity contribution is 5.95. The van der Waals surface area contributed by atoms with Crippen LogP contribution in [0.1, 0.15) is 12.1 Å². The van der Waals surface area contributed by atoms with E-state index in [1.165, 1.54) is 17.0 Å². The molecular weight excluding hydrogens is 245 g/mol. The van der Waals surface area contributed by atoms with Crippen LogP contribution in [0.15, 0.2) is 18.2 Å². The number of amides is 1. The molecule has 1 unspecified atom stereocenters. The normalized spacial score (nSPS) is 20.0. The number of carbonyl (C=O) groups excluding carboxylic acids is 1. The number of hydrogen-bond donors (Lipinski definition) is 0. The Balaban J connectivity index is 2.30. The fourth-order valence-electron chi connectivity index (χ4n) is 1.77. The van der Waals surface area contributed by atoms with Gasteiger partial charge in [0.05, 0.1) is 0 Å². The van der Waals surface area contributed by atoms with Gasteiger partial charge < -0.3 is 0 Å². The van der Waals surface area contributed by atoms with E-state index in [2.05, 4.69) is 10.9 Å². The molecule has 1 saturated heterocycles. The van der Waals surface area contributed by atoms with Crippen LogP contribution in [0.5, 0.6) is 0 Å². The SMILES string of the molecule is C#CC1CC(=O)N(c2cccc(C(F)(F)F)n2)C1. The smallest absolute Gasteiger partial charge is 0.296 e. The van der Waals surface area contributed by atoms with Crippen LogP contribution in [0.25, 0.3) is 0 Å². The van der Waals surface area contributed by atoms with Crippen molar-refractivity contribution in [3.05, 3.63) is 23.9 Å². The molecule has 0 saturated carbocycles. The third kappa shape index (κ3) is 2.30. The van der Waals surface area contributed by atoms with Gasteiger partial charge in [-0.1, -0.05) is 6.07 Å². The van der Waals surface area contributed by atoms with E-state index < -0.39 is 11.9 Å². The maximum atomic E-state index is 12.5. The number of terminal acetylenes is 1. The first kappa shape index (κ1) is 12.4. The van der Waals surface area contributed by atoms with Crippen LogP contribution in [0.2, 0.25) is 0 Å². The molecule has 3 nitrogen and oxygen atoms in total. The average molecular weight is 254 g/mol. The lowest BCUT2D eigenvalue weighted by atomic mass is 10.1. The first-order valence-electron chi connectivity index (χ1n) is 5.22. The van der Waals surface area contributed by atoms with Gasteiger partial charge in [-0.25, -0.2) is 4.98 Å². The molecule has 6 heteroatoms. The van der Waals surface area contributed by atoms with E-state index >= 15 is 0 Å². The second-order valence-corrected chi connectivity index (χ2v) is 3.95. The number of anilines is 1. The predicted octanol–water partition coefficient (Wildman–Crippen LogP) is 2.09. The minimum atomic E-state index is -4.52. The van der Waals surface area contributed by atoms with Crippen molar-refractivity contribution in [3.63, 3.8) is 0 Å². The van der Waals surface area contributed by atoms with Gasteiger partial charge in [0, 0.05) is 18.9 Å². The van der Waals surface area contributed by atoms with Crippen LogP contribution in [-0.2, 0) is 11.0 Å². The summed E-state index contributed by atoms with van der Waals surface area (Å²) in [6, 6.07) is 3.45. The Morgan fingerprint density at radius 2 is 2.17 bits per heavy atom. The molecule has 1 aliphatic heterocycles. The molecule has 1 amide bonds. The number of hydrogen-bond acceptors (Lipinski definition) is 2. The number of nitrogens with zero attached hydrogens (tertiary/aromatic N) is 2. The van der Waals surface area contributed by atoms with Crippen LogP contribution in [0, 0.1) is 18.3 Å². The summed E-state index contributed by atoms with van der Waals surface area (Å²) >= 11 is 0. The first-order valence-corrected chi connectivity index (χ1v) is 5.22. The lowest BCUT2D eigenvalue weighted by Gasteiger charge is -2.16. The fourth-order valence-corrected chi connectivity index (χ4v) is 1.77. The summed E-state index contributed by atoms with van der Waals surface area (Å²) in [6.07, 6.45) is 0.830. The van der Waals surface area contributed by atoms with Crippen molar-refractivity contribution in [1.82, 2.24) is 4.98 Å². The Morgan fingerprint density at radius 1 is 1.44 bits per heavy atom. The summed E-state index contributed by atoms with van der Waals surface area (Å²) in [7, 11) is 0. The lowest BCUT2D eigenvalue weighted by molar-refractivity contribution is -0.141. The van der Waals surface area contributed by atoms with Crippen molar-refractivity contribution in [2.24, 2.45) is 5.92 Å². The highest BCUT2D eigenvalue weighted by Crippen LogP contribution is 2.30. The summed E-state index contributed by atoms with van der Waals surface area (Å²) < 4.78 is 37.5. The highest BCUT2D eigenvalue weighted by Gasteiger charge is 2.35. The van der Waals surface area contributed by atoms with E-state index in [-0.39, 0.29) is 30.6 Å². The number of pyridine rings is 1.